The Labute approximate surface area is 126 Å². The van der Waals surface area contributed by atoms with E-state index in [9.17, 15) is 5.11 Å². The maximum absolute atomic E-state index is 10.6. The molecule has 1 unspecified atom stereocenters. The summed E-state index contributed by atoms with van der Waals surface area (Å²) in [6, 6.07) is 12.1. The summed E-state index contributed by atoms with van der Waals surface area (Å²) in [5, 5.41) is 11.3. The average Bonchev–Trinajstić information content (AvgIpc) is 2.42. The fourth-order valence-electron chi connectivity index (χ4n) is 2.34. The van der Waals surface area contributed by atoms with Gasteiger partial charge in [0.25, 0.3) is 0 Å². The molecule has 0 aliphatic carbocycles. The molecule has 0 bridgehead atoms. The zero-order valence-corrected chi connectivity index (χ0v) is 13.2. The van der Waals surface area contributed by atoms with Gasteiger partial charge in [-0.2, -0.15) is 0 Å². The third-order valence-electron chi connectivity index (χ3n) is 3.76. The first kappa shape index (κ1) is 15.1. The van der Waals surface area contributed by atoms with E-state index in [2.05, 4.69) is 26.0 Å². The highest BCUT2D eigenvalue weighted by molar-refractivity contribution is 6.31. The summed E-state index contributed by atoms with van der Waals surface area (Å²) in [5.41, 5.74) is 5.12. The predicted molar refractivity (Wildman–Crippen MR) is 85.5 cm³/mol. The van der Waals surface area contributed by atoms with Crippen molar-refractivity contribution < 1.29 is 5.11 Å². The lowest BCUT2D eigenvalue weighted by molar-refractivity contribution is 0.219. The number of aryl methyl sites for hydroxylation is 2. The second-order valence-electron chi connectivity index (χ2n) is 5.68. The van der Waals surface area contributed by atoms with E-state index >= 15 is 0 Å². The van der Waals surface area contributed by atoms with Crippen LogP contribution in [0.1, 0.15) is 53.7 Å². The highest BCUT2D eigenvalue weighted by Crippen LogP contribution is 2.29. The molecule has 20 heavy (non-hydrogen) atoms. The van der Waals surface area contributed by atoms with E-state index in [0.29, 0.717) is 5.92 Å². The number of benzene rings is 2. The Morgan fingerprint density at radius 3 is 2.00 bits per heavy atom. The lowest BCUT2D eigenvalue weighted by atomic mass is 9.94. The van der Waals surface area contributed by atoms with E-state index < -0.39 is 6.10 Å². The number of rotatable bonds is 3. The topological polar surface area (TPSA) is 20.2 Å². The summed E-state index contributed by atoms with van der Waals surface area (Å²) in [6.45, 7) is 8.27. The molecule has 0 aliphatic heterocycles. The normalized spacial score (nSPS) is 12.8. The zero-order chi connectivity index (χ0) is 14.9. The maximum atomic E-state index is 10.6. The van der Waals surface area contributed by atoms with Gasteiger partial charge in [0.15, 0.2) is 0 Å². The SMILES string of the molecule is Cc1cc(C(O)c2ccc(C(C)C)cc2)c(C)cc1Cl. The van der Waals surface area contributed by atoms with Crippen molar-refractivity contribution >= 4 is 11.6 Å². The van der Waals surface area contributed by atoms with E-state index in [0.717, 1.165) is 27.3 Å². The van der Waals surface area contributed by atoms with Crippen LogP contribution in [0.25, 0.3) is 0 Å². The van der Waals surface area contributed by atoms with Crippen molar-refractivity contribution in [3.63, 3.8) is 0 Å². The summed E-state index contributed by atoms with van der Waals surface area (Å²) in [4.78, 5) is 0. The van der Waals surface area contributed by atoms with Crippen LogP contribution in [0.5, 0.6) is 0 Å². The molecule has 1 nitrogen and oxygen atoms in total. The average molecular weight is 289 g/mol. The van der Waals surface area contributed by atoms with Gasteiger partial charge in [-0.3, -0.25) is 0 Å². The summed E-state index contributed by atoms with van der Waals surface area (Å²) in [7, 11) is 0. The summed E-state index contributed by atoms with van der Waals surface area (Å²) in [6.07, 6.45) is -0.604. The molecule has 2 rings (SSSR count). The van der Waals surface area contributed by atoms with Gasteiger partial charge in [-0.05, 0) is 53.6 Å². The van der Waals surface area contributed by atoms with Gasteiger partial charge in [0, 0.05) is 5.02 Å². The molecule has 2 aromatic rings. The van der Waals surface area contributed by atoms with E-state index in [-0.39, 0.29) is 0 Å². The van der Waals surface area contributed by atoms with Gasteiger partial charge in [-0.1, -0.05) is 55.8 Å². The minimum atomic E-state index is -0.604. The minimum Gasteiger partial charge on any atom is -0.384 e. The third kappa shape index (κ3) is 3.05. The number of hydrogen-bond donors (Lipinski definition) is 1. The third-order valence-corrected chi connectivity index (χ3v) is 4.17. The van der Waals surface area contributed by atoms with E-state index in [4.69, 9.17) is 11.6 Å². The molecule has 0 saturated carbocycles. The number of aliphatic hydroxyl groups is 1. The molecule has 0 spiro atoms. The van der Waals surface area contributed by atoms with Gasteiger partial charge in [0.2, 0.25) is 0 Å². The Bertz CT molecular complexity index is 600. The lowest BCUT2D eigenvalue weighted by Crippen LogP contribution is -2.03. The Morgan fingerprint density at radius 1 is 0.900 bits per heavy atom. The van der Waals surface area contributed by atoms with Crippen molar-refractivity contribution in [1.29, 1.82) is 0 Å². The number of aliphatic hydroxyl groups excluding tert-OH is 1. The van der Waals surface area contributed by atoms with Crippen LogP contribution in [-0.2, 0) is 0 Å². The van der Waals surface area contributed by atoms with Crippen LogP contribution in [0.4, 0.5) is 0 Å². The Balaban J connectivity index is 2.36. The van der Waals surface area contributed by atoms with E-state index in [1.807, 2.05) is 38.1 Å². The first-order chi connectivity index (χ1) is 9.40. The van der Waals surface area contributed by atoms with Crippen LogP contribution in [-0.4, -0.2) is 5.11 Å². The van der Waals surface area contributed by atoms with Crippen molar-refractivity contribution in [2.75, 3.05) is 0 Å². The van der Waals surface area contributed by atoms with Gasteiger partial charge in [0.05, 0.1) is 0 Å². The van der Waals surface area contributed by atoms with E-state index in [1.165, 1.54) is 5.56 Å². The molecule has 106 valence electrons. The van der Waals surface area contributed by atoms with Crippen LogP contribution < -0.4 is 0 Å². The summed E-state index contributed by atoms with van der Waals surface area (Å²) in [5.74, 6) is 0.501. The van der Waals surface area contributed by atoms with Gasteiger partial charge in [0.1, 0.15) is 6.10 Å². The Kier molecular flexibility index (Phi) is 4.52. The first-order valence-electron chi connectivity index (χ1n) is 6.94. The first-order valence-corrected chi connectivity index (χ1v) is 7.32. The molecule has 0 amide bonds. The highest BCUT2D eigenvalue weighted by atomic mass is 35.5. The van der Waals surface area contributed by atoms with Crippen LogP contribution in [0.3, 0.4) is 0 Å². The monoisotopic (exact) mass is 288 g/mol. The molecule has 1 atom stereocenters. The van der Waals surface area contributed by atoms with Crippen molar-refractivity contribution in [3.8, 4) is 0 Å². The molecule has 0 heterocycles. The molecule has 0 aromatic heterocycles. The second-order valence-corrected chi connectivity index (χ2v) is 6.09. The van der Waals surface area contributed by atoms with Crippen molar-refractivity contribution in [2.24, 2.45) is 0 Å². The molecule has 0 fully saturated rings. The molecule has 0 radical (unpaired) electrons. The van der Waals surface area contributed by atoms with Gasteiger partial charge in [-0.15, -0.1) is 0 Å². The highest BCUT2D eigenvalue weighted by Gasteiger charge is 2.14. The molecule has 1 N–H and O–H groups in total. The fourth-order valence-corrected chi connectivity index (χ4v) is 2.56. The van der Waals surface area contributed by atoms with Crippen LogP contribution >= 0.6 is 11.6 Å². The molecular weight excluding hydrogens is 268 g/mol. The van der Waals surface area contributed by atoms with Crippen LogP contribution in [0.15, 0.2) is 36.4 Å². The maximum Gasteiger partial charge on any atom is 0.104 e. The Morgan fingerprint density at radius 2 is 1.45 bits per heavy atom. The van der Waals surface area contributed by atoms with E-state index in [1.54, 1.807) is 0 Å². The summed E-state index contributed by atoms with van der Waals surface area (Å²) < 4.78 is 0. The molecular formula is C18H21ClO. The van der Waals surface area contributed by atoms with Crippen LogP contribution in [0.2, 0.25) is 5.02 Å². The van der Waals surface area contributed by atoms with Gasteiger partial charge >= 0.3 is 0 Å². The predicted octanol–water partition coefficient (Wildman–Crippen LogP) is 5.16. The van der Waals surface area contributed by atoms with Crippen molar-refractivity contribution in [1.82, 2.24) is 0 Å². The number of hydrogen-bond acceptors (Lipinski definition) is 1. The van der Waals surface area contributed by atoms with Gasteiger partial charge < -0.3 is 5.11 Å². The Hall–Kier alpha value is -1.31. The smallest absolute Gasteiger partial charge is 0.104 e. The fraction of sp³-hybridized carbons (Fsp3) is 0.333. The summed E-state index contributed by atoms with van der Waals surface area (Å²) >= 11 is 6.11. The zero-order valence-electron chi connectivity index (χ0n) is 12.4. The molecule has 2 heteroatoms. The number of halogens is 1. The molecule has 0 saturated heterocycles. The van der Waals surface area contributed by atoms with Crippen LogP contribution in [0, 0.1) is 13.8 Å². The molecule has 0 aliphatic rings. The minimum absolute atomic E-state index is 0.501. The second kappa shape index (κ2) is 5.99. The van der Waals surface area contributed by atoms with Crippen molar-refractivity contribution in [3.05, 3.63) is 69.2 Å². The standard InChI is InChI=1S/C18H21ClO/c1-11(2)14-5-7-15(8-6-14)18(20)16-9-13(4)17(19)10-12(16)3/h5-11,18,20H,1-4H3. The van der Waals surface area contributed by atoms with Gasteiger partial charge in [-0.25, -0.2) is 0 Å². The van der Waals surface area contributed by atoms with Crippen molar-refractivity contribution in [2.45, 2.75) is 39.7 Å². The largest absolute Gasteiger partial charge is 0.384 e. The lowest BCUT2D eigenvalue weighted by Gasteiger charge is -2.16. The molecule has 2 aromatic carbocycles. The quantitative estimate of drug-likeness (QED) is 0.827.